The minimum Gasteiger partial charge on any atom is -0.481 e. The summed E-state index contributed by atoms with van der Waals surface area (Å²) in [5.41, 5.74) is 8.40. The molecule has 1 fully saturated rings. The van der Waals surface area contributed by atoms with E-state index in [9.17, 15) is 14.7 Å². The van der Waals surface area contributed by atoms with Crippen molar-refractivity contribution in [3.63, 3.8) is 0 Å². The summed E-state index contributed by atoms with van der Waals surface area (Å²) in [5.74, 6) is -0.921. The zero-order valence-corrected chi connectivity index (χ0v) is 30.0. The first-order valence-electron chi connectivity index (χ1n) is 18.4. The van der Waals surface area contributed by atoms with Crippen LogP contribution < -0.4 is 5.32 Å². The second-order valence-electron chi connectivity index (χ2n) is 13.7. The zero-order valence-electron chi connectivity index (χ0n) is 30.0. The van der Waals surface area contributed by atoms with Gasteiger partial charge in [0.05, 0.1) is 18.8 Å². The highest BCUT2D eigenvalue weighted by atomic mass is 16.7. The maximum Gasteiger partial charge on any atom is 0.303 e. The summed E-state index contributed by atoms with van der Waals surface area (Å²) in [6.45, 7) is 2.70. The van der Waals surface area contributed by atoms with Crippen molar-refractivity contribution >= 4 is 11.9 Å². The van der Waals surface area contributed by atoms with Crippen LogP contribution in [0.15, 0.2) is 133 Å². The average Bonchev–Trinajstić information content (AvgIpc) is 3.19. The van der Waals surface area contributed by atoms with E-state index in [0.29, 0.717) is 32.2 Å². The van der Waals surface area contributed by atoms with Gasteiger partial charge in [-0.25, -0.2) is 0 Å². The van der Waals surface area contributed by atoms with Gasteiger partial charge >= 0.3 is 5.97 Å². The number of aliphatic carboxylic acids is 1. The van der Waals surface area contributed by atoms with Crippen LogP contribution >= 0.6 is 0 Å². The minimum absolute atomic E-state index is 0.00578. The minimum atomic E-state index is -0.840. The molecule has 3 atom stereocenters. The molecule has 0 bridgehead atoms. The number of nitrogens with one attached hydrogen (secondary N) is 1. The van der Waals surface area contributed by atoms with Gasteiger partial charge in [0.15, 0.2) is 6.29 Å². The molecule has 8 nitrogen and oxygen atoms in total. The van der Waals surface area contributed by atoms with E-state index >= 15 is 0 Å². The van der Waals surface area contributed by atoms with Crippen LogP contribution in [0.3, 0.4) is 0 Å². The Bertz CT molecular complexity index is 1840. The molecule has 0 saturated carbocycles. The summed E-state index contributed by atoms with van der Waals surface area (Å²) in [7, 11) is 0. The second-order valence-corrected chi connectivity index (χ2v) is 13.7. The van der Waals surface area contributed by atoms with Gasteiger partial charge in [-0.05, 0) is 57.9 Å². The summed E-state index contributed by atoms with van der Waals surface area (Å²) in [4.78, 5) is 25.5. The summed E-state index contributed by atoms with van der Waals surface area (Å²) in [5, 5.41) is 21.4. The number of unbranched alkanes of at least 4 members (excludes halogenated alkanes) is 1. The first-order valence-corrected chi connectivity index (χ1v) is 18.4. The van der Waals surface area contributed by atoms with Gasteiger partial charge < -0.3 is 25.0 Å². The predicted octanol–water partition coefficient (Wildman–Crippen LogP) is 8.35. The van der Waals surface area contributed by atoms with Crippen LogP contribution in [-0.2, 0) is 45.3 Å². The fraction of sp³-hybridized carbons (Fsp3) is 0.289. The fourth-order valence-corrected chi connectivity index (χ4v) is 6.73. The van der Waals surface area contributed by atoms with Crippen molar-refractivity contribution in [2.75, 3.05) is 6.54 Å². The number of hydrogen-bond donors (Lipinski definition) is 3. The molecule has 1 saturated heterocycles. The van der Waals surface area contributed by atoms with Crippen molar-refractivity contribution in [2.24, 2.45) is 0 Å². The molecule has 6 rings (SSSR count). The summed E-state index contributed by atoms with van der Waals surface area (Å²) < 4.78 is 13.4. The van der Waals surface area contributed by atoms with Crippen molar-refractivity contribution in [3.8, 4) is 11.1 Å². The molecular formula is C45H48N2O6. The van der Waals surface area contributed by atoms with Gasteiger partial charge in [-0.3, -0.25) is 14.5 Å². The fourth-order valence-electron chi connectivity index (χ4n) is 6.73. The van der Waals surface area contributed by atoms with Crippen LogP contribution in [-0.4, -0.2) is 39.6 Å². The molecule has 1 amide bonds. The molecule has 0 aliphatic carbocycles. The Morgan fingerprint density at radius 2 is 1.28 bits per heavy atom. The van der Waals surface area contributed by atoms with E-state index in [4.69, 9.17) is 14.6 Å². The molecule has 3 N–H and O–H groups in total. The summed E-state index contributed by atoms with van der Waals surface area (Å²) in [6, 6.07) is 45.4. The zero-order chi connectivity index (χ0) is 36.8. The standard InChI is InChI=1S/C45H48N2O6/c48-32-35-18-20-38(21-19-35)42-27-41(31-47(29-33-10-3-1-4-11-33)30-34-12-5-2-6-13-34)52-45(53-42)39-24-22-37(23-25-39)40-15-9-14-36(26-40)28-46-43(49)16-7-8-17-44(50)51/h1-6,9-15,18-26,41-42,45,48H,7-8,16-17,27-32H2,(H,46,49)(H,50,51)/t41-,42+,45+/m1/s1. The van der Waals surface area contributed by atoms with Gasteiger partial charge in [0.1, 0.15) is 0 Å². The lowest BCUT2D eigenvalue weighted by Gasteiger charge is -2.38. The molecular weight excluding hydrogens is 665 g/mol. The lowest BCUT2D eigenvalue weighted by molar-refractivity contribution is -0.253. The molecule has 5 aromatic carbocycles. The Kier molecular flexibility index (Phi) is 13.6. The van der Waals surface area contributed by atoms with Crippen LogP contribution in [0.25, 0.3) is 11.1 Å². The quantitative estimate of drug-likeness (QED) is 0.0832. The predicted molar refractivity (Wildman–Crippen MR) is 205 cm³/mol. The Morgan fingerprint density at radius 1 is 0.660 bits per heavy atom. The molecule has 1 heterocycles. The van der Waals surface area contributed by atoms with Gasteiger partial charge in [0.25, 0.3) is 0 Å². The number of rotatable bonds is 17. The number of amides is 1. The van der Waals surface area contributed by atoms with E-state index in [1.54, 1.807) is 0 Å². The Hall–Kier alpha value is -5.12. The van der Waals surface area contributed by atoms with E-state index in [0.717, 1.165) is 53.0 Å². The monoisotopic (exact) mass is 712 g/mol. The average molecular weight is 713 g/mol. The smallest absolute Gasteiger partial charge is 0.303 e. The van der Waals surface area contributed by atoms with Gasteiger partial charge in [0, 0.05) is 51.0 Å². The van der Waals surface area contributed by atoms with Crippen molar-refractivity contribution in [1.82, 2.24) is 10.2 Å². The number of nitrogens with zero attached hydrogens (tertiary/aromatic N) is 1. The maximum atomic E-state index is 12.3. The number of aliphatic hydroxyl groups is 1. The normalized spacial score (nSPS) is 17.1. The number of carbonyl (C=O) groups excluding carboxylic acids is 1. The van der Waals surface area contributed by atoms with Crippen LogP contribution in [0, 0.1) is 0 Å². The van der Waals surface area contributed by atoms with E-state index in [1.807, 2.05) is 48.5 Å². The third-order valence-electron chi connectivity index (χ3n) is 9.55. The van der Waals surface area contributed by atoms with Gasteiger partial charge in [0.2, 0.25) is 5.91 Å². The molecule has 8 heteroatoms. The lowest BCUT2D eigenvalue weighted by atomic mass is 9.98. The number of aliphatic hydroxyl groups excluding tert-OH is 1. The highest BCUT2D eigenvalue weighted by molar-refractivity contribution is 5.76. The first kappa shape index (κ1) is 37.6. The van der Waals surface area contributed by atoms with E-state index in [-0.39, 0.29) is 31.1 Å². The third-order valence-corrected chi connectivity index (χ3v) is 9.55. The molecule has 1 aliphatic heterocycles. The molecule has 0 spiro atoms. The topological polar surface area (TPSA) is 108 Å². The summed E-state index contributed by atoms with van der Waals surface area (Å²) in [6.07, 6.45) is 1.26. The molecule has 53 heavy (non-hydrogen) atoms. The van der Waals surface area contributed by atoms with Crippen LogP contribution in [0.5, 0.6) is 0 Å². The Balaban J connectivity index is 1.16. The Labute approximate surface area is 312 Å². The second kappa shape index (κ2) is 19.1. The summed E-state index contributed by atoms with van der Waals surface area (Å²) >= 11 is 0. The molecule has 0 aromatic heterocycles. The number of benzene rings is 5. The van der Waals surface area contributed by atoms with Crippen molar-refractivity contribution in [3.05, 3.63) is 167 Å². The number of carbonyl (C=O) groups is 2. The molecule has 1 aliphatic rings. The van der Waals surface area contributed by atoms with Crippen LogP contribution in [0.4, 0.5) is 0 Å². The van der Waals surface area contributed by atoms with Crippen molar-refractivity contribution < 1.29 is 29.3 Å². The maximum absolute atomic E-state index is 12.3. The van der Waals surface area contributed by atoms with E-state index < -0.39 is 12.3 Å². The largest absolute Gasteiger partial charge is 0.481 e. The van der Waals surface area contributed by atoms with Crippen LogP contribution in [0.2, 0.25) is 0 Å². The number of carboxylic acids is 1. The van der Waals surface area contributed by atoms with E-state index in [1.165, 1.54) is 11.1 Å². The van der Waals surface area contributed by atoms with E-state index in [2.05, 4.69) is 95.1 Å². The number of hydrogen-bond acceptors (Lipinski definition) is 6. The molecule has 274 valence electrons. The number of ether oxygens (including phenoxy) is 2. The highest BCUT2D eigenvalue weighted by Crippen LogP contribution is 2.39. The van der Waals surface area contributed by atoms with Gasteiger partial charge in [-0.1, -0.05) is 127 Å². The molecule has 5 aromatic rings. The van der Waals surface area contributed by atoms with Crippen LogP contribution in [0.1, 0.15) is 77.9 Å². The number of carboxylic acid groups (broad SMARTS) is 1. The van der Waals surface area contributed by atoms with Crippen molar-refractivity contribution in [1.29, 1.82) is 0 Å². The lowest BCUT2D eigenvalue weighted by Crippen LogP contribution is -2.39. The Morgan fingerprint density at radius 3 is 1.92 bits per heavy atom. The highest BCUT2D eigenvalue weighted by Gasteiger charge is 2.33. The molecule has 0 unspecified atom stereocenters. The molecule has 0 radical (unpaired) electrons. The van der Waals surface area contributed by atoms with Crippen molar-refractivity contribution in [2.45, 2.75) is 76.8 Å². The van der Waals surface area contributed by atoms with Gasteiger partial charge in [-0.2, -0.15) is 0 Å². The third kappa shape index (κ3) is 11.4. The van der Waals surface area contributed by atoms with Gasteiger partial charge in [-0.15, -0.1) is 0 Å². The SMILES string of the molecule is O=C(O)CCCCC(=O)NCc1cccc(-c2ccc([C@H]3O[C@@H](CN(Cc4ccccc4)Cc4ccccc4)C[C@@H](c4ccc(CO)cc4)O3)cc2)c1. The first-order chi connectivity index (χ1) is 25.9.